The van der Waals surface area contributed by atoms with E-state index in [0.29, 0.717) is 6.42 Å². The van der Waals surface area contributed by atoms with Gasteiger partial charge in [-0.25, -0.2) is 13.1 Å². The number of aliphatic carboxylic acids is 1. The molecule has 0 aromatic heterocycles. The second-order valence-electron chi connectivity index (χ2n) is 5.98. The van der Waals surface area contributed by atoms with Crippen molar-refractivity contribution < 1.29 is 23.1 Å². The fourth-order valence-corrected chi connectivity index (χ4v) is 3.29. The lowest BCUT2D eigenvalue weighted by Gasteiger charge is -2.21. The molecule has 2 aromatic carbocycles. The third kappa shape index (κ3) is 6.19. The number of hydrogen-bond acceptors (Lipinski definition) is 4. The summed E-state index contributed by atoms with van der Waals surface area (Å²) in [5.74, 6) is -1.34. The molecule has 144 valence electrons. The SMILES string of the molecule is CNS(=O)(=O)c1ccc(CCC(=O)N(CC(=O)O)Cc2ccccc2)cc1. The Morgan fingerprint density at radius 2 is 1.63 bits per heavy atom. The van der Waals surface area contributed by atoms with Crippen LogP contribution in [0.15, 0.2) is 59.5 Å². The van der Waals surface area contributed by atoms with Crippen LogP contribution >= 0.6 is 0 Å². The second kappa shape index (κ2) is 9.29. The van der Waals surface area contributed by atoms with Crippen molar-refractivity contribution in [2.45, 2.75) is 24.3 Å². The van der Waals surface area contributed by atoms with Gasteiger partial charge in [0.05, 0.1) is 4.90 Å². The van der Waals surface area contributed by atoms with Crippen molar-refractivity contribution >= 4 is 21.9 Å². The normalized spacial score (nSPS) is 11.1. The fraction of sp³-hybridized carbons (Fsp3) is 0.263. The molecule has 0 spiro atoms. The summed E-state index contributed by atoms with van der Waals surface area (Å²) in [6.45, 7) is -0.140. The first-order valence-corrected chi connectivity index (χ1v) is 9.86. The molecule has 2 aromatic rings. The standard InChI is InChI=1S/C19H22N2O5S/c1-20-27(25,26)17-10-7-15(8-11-17)9-12-18(22)21(14-19(23)24)13-16-5-3-2-4-6-16/h2-8,10-11,20H,9,12-14H2,1H3,(H,23,24). The topological polar surface area (TPSA) is 104 Å². The number of amides is 1. The van der Waals surface area contributed by atoms with Gasteiger partial charge in [-0.05, 0) is 36.7 Å². The Hall–Kier alpha value is -2.71. The van der Waals surface area contributed by atoms with E-state index < -0.39 is 16.0 Å². The molecule has 0 unspecified atom stereocenters. The van der Waals surface area contributed by atoms with E-state index in [1.807, 2.05) is 30.3 Å². The van der Waals surface area contributed by atoms with Crippen molar-refractivity contribution in [3.8, 4) is 0 Å². The second-order valence-corrected chi connectivity index (χ2v) is 7.87. The van der Waals surface area contributed by atoms with Crippen molar-refractivity contribution in [3.05, 3.63) is 65.7 Å². The van der Waals surface area contributed by atoms with E-state index in [-0.39, 0.29) is 30.3 Å². The predicted molar refractivity (Wildman–Crippen MR) is 101 cm³/mol. The Morgan fingerprint density at radius 1 is 1.00 bits per heavy atom. The molecule has 0 saturated carbocycles. The first-order valence-electron chi connectivity index (χ1n) is 8.38. The van der Waals surface area contributed by atoms with Crippen LogP contribution in [0.2, 0.25) is 0 Å². The number of rotatable bonds is 9. The van der Waals surface area contributed by atoms with E-state index in [1.165, 1.54) is 24.1 Å². The molecule has 7 nitrogen and oxygen atoms in total. The van der Waals surface area contributed by atoms with Crippen molar-refractivity contribution in [3.63, 3.8) is 0 Å². The first-order chi connectivity index (χ1) is 12.8. The summed E-state index contributed by atoms with van der Waals surface area (Å²) in [6, 6.07) is 15.4. The van der Waals surface area contributed by atoms with Gasteiger partial charge in [0.25, 0.3) is 0 Å². The third-order valence-corrected chi connectivity index (χ3v) is 5.46. The zero-order chi connectivity index (χ0) is 19.9. The van der Waals surface area contributed by atoms with Crippen molar-refractivity contribution in [1.29, 1.82) is 0 Å². The largest absolute Gasteiger partial charge is 0.480 e. The lowest BCUT2D eigenvalue weighted by atomic mass is 10.1. The molecule has 0 radical (unpaired) electrons. The molecular weight excluding hydrogens is 368 g/mol. The molecule has 2 rings (SSSR count). The molecule has 0 saturated heterocycles. The number of aryl methyl sites for hydroxylation is 1. The fourth-order valence-electron chi connectivity index (χ4n) is 2.56. The minimum Gasteiger partial charge on any atom is -0.480 e. The molecule has 0 heterocycles. The summed E-state index contributed by atoms with van der Waals surface area (Å²) in [4.78, 5) is 25.0. The molecule has 2 N–H and O–H groups in total. The lowest BCUT2D eigenvalue weighted by molar-refractivity contribution is -0.144. The number of sulfonamides is 1. The van der Waals surface area contributed by atoms with E-state index in [4.69, 9.17) is 5.11 Å². The number of benzene rings is 2. The maximum absolute atomic E-state index is 12.5. The maximum atomic E-state index is 12.5. The van der Waals surface area contributed by atoms with Crippen molar-refractivity contribution in [1.82, 2.24) is 9.62 Å². The number of nitrogens with one attached hydrogen (secondary N) is 1. The summed E-state index contributed by atoms with van der Waals surface area (Å²) < 4.78 is 25.7. The average Bonchev–Trinajstić information content (AvgIpc) is 2.66. The van der Waals surface area contributed by atoms with Gasteiger partial charge in [0, 0.05) is 13.0 Å². The van der Waals surface area contributed by atoms with Crippen LogP contribution in [-0.4, -0.2) is 43.9 Å². The van der Waals surface area contributed by atoms with Crippen LogP contribution in [0.1, 0.15) is 17.5 Å². The molecule has 1 amide bonds. The van der Waals surface area contributed by atoms with E-state index in [1.54, 1.807) is 12.1 Å². The van der Waals surface area contributed by atoms with Crippen LogP contribution in [0.3, 0.4) is 0 Å². The number of hydrogen-bond donors (Lipinski definition) is 2. The van der Waals surface area contributed by atoms with Gasteiger partial charge in [0.15, 0.2) is 0 Å². The Kier molecular flexibility index (Phi) is 7.09. The molecule has 8 heteroatoms. The maximum Gasteiger partial charge on any atom is 0.323 e. The van der Waals surface area contributed by atoms with Gasteiger partial charge < -0.3 is 10.0 Å². The van der Waals surface area contributed by atoms with E-state index in [2.05, 4.69) is 4.72 Å². The highest BCUT2D eigenvalue weighted by Gasteiger charge is 2.17. The quantitative estimate of drug-likeness (QED) is 0.677. The van der Waals surface area contributed by atoms with Crippen LogP contribution in [0.25, 0.3) is 0 Å². The van der Waals surface area contributed by atoms with E-state index >= 15 is 0 Å². The highest BCUT2D eigenvalue weighted by molar-refractivity contribution is 7.89. The third-order valence-electron chi connectivity index (χ3n) is 4.03. The molecule has 0 bridgehead atoms. The number of carboxylic acids is 1. The van der Waals surface area contributed by atoms with Gasteiger partial charge in [-0.3, -0.25) is 9.59 Å². The smallest absolute Gasteiger partial charge is 0.323 e. The zero-order valence-corrected chi connectivity index (χ0v) is 15.8. The minimum absolute atomic E-state index is 0.137. The summed E-state index contributed by atoms with van der Waals surface area (Å²) in [5.41, 5.74) is 1.65. The first kappa shape index (κ1) is 20.6. The van der Waals surface area contributed by atoms with Gasteiger partial charge >= 0.3 is 5.97 Å². The predicted octanol–water partition coefficient (Wildman–Crippen LogP) is 1.64. The number of carboxylic acid groups (broad SMARTS) is 1. The summed E-state index contributed by atoms with van der Waals surface area (Å²) >= 11 is 0. The molecule has 0 aliphatic rings. The van der Waals surface area contributed by atoms with Crippen LogP contribution in [0, 0.1) is 0 Å². The van der Waals surface area contributed by atoms with Gasteiger partial charge in [0.1, 0.15) is 6.54 Å². The molecular formula is C19H22N2O5S. The van der Waals surface area contributed by atoms with Crippen LogP contribution in [0.4, 0.5) is 0 Å². The van der Waals surface area contributed by atoms with Crippen LogP contribution < -0.4 is 4.72 Å². The van der Waals surface area contributed by atoms with Crippen LogP contribution in [-0.2, 0) is 32.6 Å². The van der Waals surface area contributed by atoms with Gasteiger partial charge in [-0.2, -0.15) is 0 Å². The van der Waals surface area contributed by atoms with E-state index in [9.17, 15) is 18.0 Å². The number of nitrogens with zero attached hydrogens (tertiary/aromatic N) is 1. The Balaban J connectivity index is 2.01. The molecule has 0 aliphatic heterocycles. The summed E-state index contributed by atoms with van der Waals surface area (Å²) in [5, 5.41) is 9.07. The summed E-state index contributed by atoms with van der Waals surface area (Å²) in [7, 11) is -2.16. The van der Waals surface area contributed by atoms with Gasteiger partial charge in [-0.15, -0.1) is 0 Å². The molecule has 0 atom stereocenters. The Labute approximate surface area is 158 Å². The molecule has 27 heavy (non-hydrogen) atoms. The summed E-state index contributed by atoms with van der Waals surface area (Å²) in [6.07, 6.45) is 0.530. The van der Waals surface area contributed by atoms with Crippen molar-refractivity contribution in [2.75, 3.05) is 13.6 Å². The van der Waals surface area contributed by atoms with Gasteiger partial charge in [0.2, 0.25) is 15.9 Å². The molecule has 0 fully saturated rings. The van der Waals surface area contributed by atoms with E-state index in [0.717, 1.165) is 11.1 Å². The Morgan fingerprint density at radius 3 is 2.19 bits per heavy atom. The highest BCUT2D eigenvalue weighted by atomic mass is 32.2. The minimum atomic E-state index is -3.50. The number of carbonyl (C=O) groups is 2. The zero-order valence-electron chi connectivity index (χ0n) is 15.0. The Bertz CT molecular complexity index is 880. The number of carbonyl (C=O) groups excluding carboxylic acids is 1. The highest BCUT2D eigenvalue weighted by Crippen LogP contribution is 2.13. The average molecular weight is 390 g/mol. The van der Waals surface area contributed by atoms with Gasteiger partial charge in [-0.1, -0.05) is 42.5 Å². The monoisotopic (exact) mass is 390 g/mol. The van der Waals surface area contributed by atoms with Crippen molar-refractivity contribution in [2.24, 2.45) is 0 Å². The van der Waals surface area contributed by atoms with Crippen LogP contribution in [0.5, 0.6) is 0 Å². The molecule has 0 aliphatic carbocycles. The lowest BCUT2D eigenvalue weighted by Crippen LogP contribution is -2.35.